The predicted octanol–water partition coefficient (Wildman–Crippen LogP) is 0.939. The molecule has 122 valence electrons. The maximum Gasteiger partial charge on any atom is 0.422 e. The molecule has 1 rings (SSSR count). The van der Waals surface area contributed by atoms with Gasteiger partial charge in [0.05, 0.1) is 0 Å². The summed E-state index contributed by atoms with van der Waals surface area (Å²) in [6.07, 6.45) is -13.5. The molecule has 12 heteroatoms. The van der Waals surface area contributed by atoms with Crippen molar-refractivity contribution in [1.82, 2.24) is 0 Å². The maximum atomic E-state index is 11.8. The molecular formula is C9H8F6O6. The molecule has 1 aliphatic rings. The molecule has 0 saturated carbocycles. The van der Waals surface area contributed by atoms with E-state index in [0.29, 0.717) is 0 Å². The lowest BCUT2D eigenvalue weighted by molar-refractivity contribution is -0.198. The van der Waals surface area contributed by atoms with Gasteiger partial charge in [-0.3, -0.25) is 0 Å². The summed E-state index contributed by atoms with van der Waals surface area (Å²) in [6, 6.07) is 0. The van der Waals surface area contributed by atoms with Crippen LogP contribution in [0.25, 0.3) is 0 Å². The average molecular weight is 326 g/mol. The molecule has 0 aromatic rings. The summed E-state index contributed by atoms with van der Waals surface area (Å²) in [7, 11) is 0. The lowest BCUT2D eigenvalue weighted by atomic mass is 10.2. The van der Waals surface area contributed by atoms with Crippen LogP contribution in [0.1, 0.15) is 0 Å². The topological polar surface area (TPSA) is 71.1 Å². The third-order valence-electron chi connectivity index (χ3n) is 1.99. The van der Waals surface area contributed by atoms with Gasteiger partial charge >= 0.3 is 24.3 Å². The van der Waals surface area contributed by atoms with Crippen LogP contribution in [0.5, 0.6) is 0 Å². The van der Waals surface area contributed by atoms with E-state index in [1.54, 1.807) is 0 Å². The van der Waals surface area contributed by atoms with Gasteiger partial charge in [-0.25, -0.2) is 9.59 Å². The maximum absolute atomic E-state index is 11.8. The number of halogens is 6. The van der Waals surface area contributed by atoms with Crippen molar-refractivity contribution >= 4 is 11.9 Å². The van der Waals surface area contributed by atoms with Gasteiger partial charge < -0.3 is 18.9 Å². The Hall–Kier alpha value is -1.56. The quantitative estimate of drug-likeness (QED) is 0.566. The fraction of sp³-hybridized carbons (Fsp3) is 0.778. The summed E-state index contributed by atoms with van der Waals surface area (Å²) < 4.78 is 87.7. The molecule has 1 heterocycles. The summed E-state index contributed by atoms with van der Waals surface area (Å²) in [6.45, 7) is -4.55. The van der Waals surface area contributed by atoms with Gasteiger partial charge in [-0.2, -0.15) is 26.3 Å². The Kier molecular flexibility index (Phi) is 5.39. The Morgan fingerprint density at radius 2 is 1.19 bits per heavy atom. The van der Waals surface area contributed by atoms with Crippen LogP contribution in [0.2, 0.25) is 0 Å². The zero-order valence-corrected chi connectivity index (χ0v) is 9.99. The van der Waals surface area contributed by atoms with Crippen LogP contribution >= 0.6 is 0 Å². The minimum atomic E-state index is -4.80. The number of hydrogen-bond acceptors (Lipinski definition) is 6. The van der Waals surface area contributed by atoms with E-state index in [1.165, 1.54) is 0 Å². The third-order valence-corrected chi connectivity index (χ3v) is 1.99. The molecule has 0 aromatic heterocycles. The lowest BCUT2D eigenvalue weighted by Crippen LogP contribution is -2.41. The van der Waals surface area contributed by atoms with Gasteiger partial charge in [0.2, 0.25) is 0 Å². The van der Waals surface area contributed by atoms with E-state index in [9.17, 15) is 35.9 Å². The van der Waals surface area contributed by atoms with Crippen LogP contribution in [0.4, 0.5) is 26.3 Å². The van der Waals surface area contributed by atoms with Crippen molar-refractivity contribution in [2.75, 3.05) is 20.0 Å². The van der Waals surface area contributed by atoms with Gasteiger partial charge in [0, 0.05) is 0 Å². The Morgan fingerprint density at radius 3 is 1.48 bits per heavy atom. The molecule has 0 spiro atoms. The number of ether oxygens (including phenoxy) is 4. The lowest BCUT2D eigenvalue weighted by Gasteiger charge is -2.16. The molecule has 1 fully saturated rings. The molecule has 2 atom stereocenters. The molecule has 21 heavy (non-hydrogen) atoms. The van der Waals surface area contributed by atoms with Crippen molar-refractivity contribution in [3.63, 3.8) is 0 Å². The molecule has 0 aromatic carbocycles. The van der Waals surface area contributed by atoms with Gasteiger partial charge in [-0.05, 0) is 0 Å². The number of hydrogen-bond donors (Lipinski definition) is 0. The molecule has 0 amide bonds. The van der Waals surface area contributed by atoms with E-state index in [4.69, 9.17) is 0 Å². The Labute approximate surface area is 112 Å². The van der Waals surface area contributed by atoms with Crippen molar-refractivity contribution in [3.8, 4) is 0 Å². The first-order chi connectivity index (χ1) is 9.49. The number of esters is 2. The van der Waals surface area contributed by atoms with Gasteiger partial charge in [-0.1, -0.05) is 0 Å². The van der Waals surface area contributed by atoms with Gasteiger partial charge in [0.1, 0.15) is 6.79 Å². The average Bonchev–Trinajstić information content (AvgIpc) is 2.80. The van der Waals surface area contributed by atoms with E-state index >= 15 is 0 Å². The van der Waals surface area contributed by atoms with Gasteiger partial charge in [0.25, 0.3) is 0 Å². The molecule has 1 saturated heterocycles. The molecule has 0 aliphatic carbocycles. The summed E-state index contributed by atoms with van der Waals surface area (Å²) >= 11 is 0. The molecule has 6 nitrogen and oxygen atoms in total. The first kappa shape index (κ1) is 17.5. The molecule has 1 aliphatic heterocycles. The smallest absolute Gasteiger partial charge is 0.422 e. The second kappa shape index (κ2) is 6.47. The highest BCUT2D eigenvalue weighted by atomic mass is 19.4. The highest BCUT2D eigenvalue weighted by Gasteiger charge is 2.45. The highest BCUT2D eigenvalue weighted by Crippen LogP contribution is 2.21. The summed E-state index contributed by atoms with van der Waals surface area (Å²) in [5.74, 6) is -3.20. The number of rotatable bonds is 4. The summed E-state index contributed by atoms with van der Waals surface area (Å²) in [5.41, 5.74) is 0. The standard InChI is InChI=1S/C9H8F6O6/c10-8(11,12)1-18-6(16)4-5(21-3-20-4)7(17)19-2-9(13,14)15/h4-5H,1-3H2. The Bertz CT molecular complexity index is 355. The second-order valence-corrected chi connectivity index (χ2v) is 3.74. The number of carbonyl (C=O) groups excluding carboxylic acids is 2. The van der Waals surface area contributed by atoms with Crippen LogP contribution in [0, 0.1) is 0 Å². The Morgan fingerprint density at radius 1 is 0.857 bits per heavy atom. The first-order valence-electron chi connectivity index (χ1n) is 5.19. The zero-order chi connectivity index (χ0) is 16.3. The van der Waals surface area contributed by atoms with Gasteiger partial charge in [0.15, 0.2) is 25.4 Å². The molecular weight excluding hydrogens is 318 g/mol. The SMILES string of the molecule is O=C(OCC(F)(F)F)C1OCOC1C(=O)OCC(F)(F)F. The predicted molar refractivity (Wildman–Crippen MR) is 48.6 cm³/mol. The van der Waals surface area contributed by atoms with Crippen molar-refractivity contribution in [2.24, 2.45) is 0 Å². The van der Waals surface area contributed by atoms with Crippen molar-refractivity contribution in [3.05, 3.63) is 0 Å². The zero-order valence-electron chi connectivity index (χ0n) is 9.99. The first-order valence-corrected chi connectivity index (χ1v) is 5.19. The van der Waals surface area contributed by atoms with Crippen LogP contribution in [0.3, 0.4) is 0 Å². The second-order valence-electron chi connectivity index (χ2n) is 3.74. The van der Waals surface area contributed by atoms with E-state index in [0.717, 1.165) is 0 Å². The minimum absolute atomic E-state index is 0.683. The van der Waals surface area contributed by atoms with E-state index in [1.807, 2.05) is 0 Å². The fourth-order valence-electron chi connectivity index (χ4n) is 1.21. The van der Waals surface area contributed by atoms with E-state index in [2.05, 4.69) is 18.9 Å². The normalized spacial score (nSPS) is 23.0. The number of carbonyl (C=O) groups is 2. The minimum Gasteiger partial charge on any atom is -0.454 e. The molecule has 2 unspecified atom stereocenters. The van der Waals surface area contributed by atoms with Crippen LogP contribution in [-0.2, 0) is 28.5 Å². The molecule has 0 N–H and O–H groups in total. The molecule has 0 bridgehead atoms. The van der Waals surface area contributed by atoms with Gasteiger partial charge in [-0.15, -0.1) is 0 Å². The fourth-order valence-corrected chi connectivity index (χ4v) is 1.21. The molecule has 0 radical (unpaired) electrons. The van der Waals surface area contributed by atoms with Crippen molar-refractivity contribution < 1.29 is 54.9 Å². The van der Waals surface area contributed by atoms with Crippen molar-refractivity contribution in [1.29, 1.82) is 0 Å². The van der Waals surface area contributed by atoms with Crippen molar-refractivity contribution in [2.45, 2.75) is 24.6 Å². The monoisotopic (exact) mass is 326 g/mol. The summed E-state index contributed by atoms with van der Waals surface area (Å²) in [4.78, 5) is 22.5. The Balaban J connectivity index is 2.54. The van der Waals surface area contributed by atoms with E-state index in [-0.39, 0.29) is 0 Å². The number of alkyl halides is 6. The van der Waals surface area contributed by atoms with E-state index < -0.39 is 56.5 Å². The van der Waals surface area contributed by atoms with Crippen LogP contribution in [0.15, 0.2) is 0 Å². The van der Waals surface area contributed by atoms with Crippen LogP contribution in [-0.4, -0.2) is 56.5 Å². The summed E-state index contributed by atoms with van der Waals surface area (Å²) in [5, 5.41) is 0. The largest absolute Gasteiger partial charge is 0.454 e. The highest BCUT2D eigenvalue weighted by molar-refractivity contribution is 5.86. The van der Waals surface area contributed by atoms with Crippen LogP contribution < -0.4 is 0 Å². The third kappa shape index (κ3) is 6.16.